The average Bonchev–Trinajstić information content (AvgIpc) is 2.46. The van der Waals surface area contributed by atoms with E-state index in [0.717, 1.165) is 36.0 Å². The highest BCUT2D eigenvalue weighted by Gasteiger charge is 2.33. The highest BCUT2D eigenvalue weighted by molar-refractivity contribution is 9.10. The van der Waals surface area contributed by atoms with Gasteiger partial charge in [0, 0.05) is 23.5 Å². The van der Waals surface area contributed by atoms with Crippen LogP contribution in [0.25, 0.3) is 0 Å². The molecule has 1 heterocycles. The number of aryl methyl sites for hydroxylation is 1. The van der Waals surface area contributed by atoms with Gasteiger partial charge in [-0.2, -0.15) is 0 Å². The van der Waals surface area contributed by atoms with Crippen LogP contribution in [0.3, 0.4) is 0 Å². The molecule has 0 aromatic heterocycles. The normalized spacial score (nSPS) is 18.3. The van der Waals surface area contributed by atoms with Gasteiger partial charge in [-0.1, -0.05) is 15.9 Å². The summed E-state index contributed by atoms with van der Waals surface area (Å²) in [7, 11) is -1.85. The molecule has 1 aliphatic heterocycles. The van der Waals surface area contributed by atoms with E-state index in [4.69, 9.17) is 4.74 Å². The predicted molar refractivity (Wildman–Crippen MR) is 90.5 cm³/mol. The second kappa shape index (κ2) is 7.40. The minimum Gasteiger partial charge on any atom is -0.384 e. The molecule has 0 spiro atoms. The highest BCUT2D eigenvalue weighted by atomic mass is 79.9. The molecule has 7 heteroatoms. The van der Waals surface area contributed by atoms with Crippen LogP contribution in [0.2, 0.25) is 0 Å². The standard InChI is InChI=1S/C15H23BrN2O3S/c1-12-7-13(16)9-14(8-12)22(19,20)18-10-15(11-21-2)3-5-17-6-4-15/h7-9,17-18H,3-6,10-11H2,1-2H3. The van der Waals surface area contributed by atoms with Crippen molar-refractivity contribution in [3.05, 3.63) is 28.2 Å². The lowest BCUT2D eigenvalue weighted by atomic mass is 9.80. The summed E-state index contributed by atoms with van der Waals surface area (Å²) in [6, 6.07) is 5.19. The van der Waals surface area contributed by atoms with Gasteiger partial charge in [-0.15, -0.1) is 0 Å². The average molecular weight is 391 g/mol. The number of ether oxygens (including phenoxy) is 1. The number of hydrogen-bond donors (Lipinski definition) is 2. The smallest absolute Gasteiger partial charge is 0.240 e. The van der Waals surface area contributed by atoms with Gasteiger partial charge in [0.05, 0.1) is 11.5 Å². The number of piperidine rings is 1. The highest BCUT2D eigenvalue weighted by Crippen LogP contribution is 2.29. The lowest BCUT2D eigenvalue weighted by Gasteiger charge is -2.37. The molecule has 1 saturated heterocycles. The van der Waals surface area contributed by atoms with E-state index in [2.05, 4.69) is 26.0 Å². The summed E-state index contributed by atoms with van der Waals surface area (Å²) in [6.07, 6.45) is 1.81. The summed E-state index contributed by atoms with van der Waals surface area (Å²) < 4.78 is 33.9. The summed E-state index contributed by atoms with van der Waals surface area (Å²) in [6.45, 7) is 4.62. The van der Waals surface area contributed by atoms with Crippen LogP contribution in [0.1, 0.15) is 18.4 Å². The molecule has 1 aromatic rings. The fourth-order valence-electron chi connectivity index (χ4n) is 2.82. The Bertz CT molecular complexity index is 587. The molecule has 2 N–H and O–H groups in total. The first-order chi connectivity index (χ1) is 10.4. The van der Waals surface area contributed by atoms with Gasteiger partial charge in [-0.3, -0.25) is 0 Å². The largest absolute Gasteiger partial charge is 0.384 e. The molecule has 0 atom stereocenters. The Balaban J connectivity index is 2.13. The molecule has 2 rings (SSSR count). The number of sulfonamides is 1. The van der Waals surface area contributed by atoms with E-state index in [1.54, 1.807) is 19.2 Å². The quantitative estimate of drug-likeness (QED) is 0.779. The van der Waals surface area contributed by atoms with Crippen molar-refractivity contribution in [2.75, 3.05) is 33.4 Å². The molecule has 0 unspecified atom stereocenters. The molecular weight excluding hydrogens is 368 g/mol. The van der Waals surface area contributed by atoms with Crippen molar-refractivity contribution < 1.29 is 13.2 Å². The summed E-state index contributed by atoms with van der Waals surface area (Å²) in [5.41, 5.74) is 0.775. The first kappa shape index (κ1) is 17.9. The van der Waals surface area contributed by atoms with E-state index in [9.17, 15) is 8.42 Å². The zero-order valence-electron chi connectivity index (χ0n) is 13.0. The minimum atomic E-state index is -3.52. The Kier molecular flexibility index (Phi) is 6.01. The van der Waals surface area contributed by atoms with E-state index in [1.165, 1.54) is 0 Å². The number of methoxy groups -OCH3 is 1. The molecule has 1 aliphatic rings. The van der Waals surface area contributed by atoms with Crippen LogP contribution in [0.15, 0.2) is 27.6 Å². The van der Waals surface area contributed by atoms with Crippen molar-refractivity contribution in [1.29, 1.82) is 0 Å². The number of halogens is 1. The van der Waals surface area contributed by atoms with Gasteiger partial charge in [-0.05, 0) is 56.6 Å². The van der Waals surface area contributed by atoms with Crippen molar-refractivity contribution in [3.63, 3.8) is 0 Å². The van der Waals surface area contributed by atoms with Gasteiger partial charge in [0.1, 0.15) is 0 Å². The molecule has 0 saturated carbocycles. The first-order valence-electron chi connectivity index (χ1n) is 7.33. The van der Waals surface area contributed by atoms with E-state index in [-0.39, 0.29) is 5.41 Å². The van der Waals surface area contributed by atoms with Crippen LogP contribution >= 0.6 is 15.9 Å². The molecule has 1 aromatic carbocycles. The van der Waals surface area contributed by atoms with Gasteiger partial charge >= 0.3 is 0 Å². The summed E-state index contributed by atoms with van der Waals surface area (Å²) in [5.74, 6) is 0. The number of hydrogen-bond acceptors (Lipinski definition) is 4. The van der Waals surface area contributed by atoms with Crippen molar-refractivity contribution in [2.45, 2.75) is 24.7 Å². The van der Waals surface area contributed by atoms with Crippen LogP contribution in [-0.4, -0.2) is 41.8 Å². The van der Waals surface area contributed by atoms with E-state index >= 15 is 0 Å². The molecule has 1 fully saturated rings. The second-order valence-corrected chi connectivity index (χ2v) is 8.65. The third kappa shape index (κ3) is 4.52. The monoisotopic (exact) mass is 390 g/mol. The van der Waals surface area contributed by atoms with Crippen LogP contribution in [0.4, 0.5) is 0 Å². The Morgan fingerprint density at radius 1 is 1.32 bits per heavy atom. The predicted octanol–water partition coefficient (Wildman–Crippen LogP) is 2.05. The topological polar surface area (TPSA) is 67.4 Å². The summed E-state index contributed by atoms with van der Waals surface area (Å²) in [5, 5.41) is 3.30. The maximum Gasteiger partial charge on any atom is 0.240 e. The fraction of sp³-hybridized carbons (Fsp3) is 0.600. The van der Waals surface area contributed by atoms with Gasteiger partial charge in [0.15, 0.2) is 0 Å². The zero-order chi connectivity index (χ0) is 16.2. The van der Waals surface area contributed by atoms with Gasteiger partial charge in [0.25, 0.3) is 0 Å². The Morgan fingerprint density at radius 2 is 2.00 bits per heavy atom. The van der Waals surface area contributed by atoms with Gasteiger partial charge in [-0.25, -0.2) is 13.1 Å². The minimum absolute atomic E-state index is 0.131. The molecule has 0 bridgehead atoms. The van der Waals surface area contributed by atoms with Crippen LogP contribution in [0, 0.1) is 12.3 Å². The molecule has 0 aliphatic carbocycles. The number of rotatable bonds is 6. The lowest BCUT2D eigenvalue weighted by molar-refractivity contribution is 0.0577. The van der Waals surface area contributed by atoms with Crippen LogP contribution < -0.4 is 10.0 Å². The van der Waals surface area contributed by atoms with Crippen molar-refractivity contribution in [2.24, 2.45) is 5.41 Å². The Hall–Kier alpha value is -0.470. The SMILES string of the molecule is COCC1(CNS(=O)(=O)c2cc(C)cc(Br)c2)CCNCC1. The Morgan fingerprint density at radius 3 is 2.59 bits per heavy atom. The molecule has 0 radical (unpaired) electrons. The third-order valence-electron chi connectivity index (χ3n) is 4.08. The van der Waals surface area contributed by atoms with E-state index in [0.29, 0.717) is 18.0 Å². The van der Waals surface area contributed by atoms with Crippen molar-refractivity contribution in [3.8, 4) is 0 Å². The lowest BCUT2D eigenvalue weighted by Crippen LogP contribution is -2.47. The maximum absolute atomic E-state index is 12.5. The molecule has 124 valence electrons. The molecular formula is C15H23BrN2O3S. The second-order valence-electron chi connectivity index (χ2n) is 5.97. The first-order valence-corrected chi connectivity index (χ1v) is 9.61. The maximum atomic E-state index is 12.5. The zero-order valence-corrected chi connectivity index (χ0v) is 15.4. The number of nitrogens with one attached hydrogen (secondary N) is 2. The third-order valence-corrected chi connectivity index (χ3v) is 5.92. The van der Waals surface area contributed by atoms with Gasteiger partial charge in [0.2, 0.25) is 10.0 Å². The van der Waals surface area contributed by atoms with Crippen molar-refractivity contribution >= 4 is 26.0 Å². The summed E-state index contributed by atoms with van der Waals surface area (Å²) >= 11 is 3.35. The van der Waals surface area contributed by atoms with Crippen LogP contribution in [0.5, 0.6) is 0 Å². The van der Waals surface area contributed by atoms with E-state index in [1.807, 2.05) is 13.0 Å². The molecule has 0 amide bonds. The molecule has 5 nitrogen and oxygen atoms in total. The van der Waals surface area contributed by atoms with Crippen LogP contribution in [-0.2, 0) is 14.8 Å². The molecule has 22 heavy (non-hydrogen) atoms. The van der Waals surface area contributed by atoms with Gasteiger partial charge < -0.3 is 10.1 Å². The number of benzene rings is 1. The van der Waals surface area contributed by atoms with Crippen molar-refractivity contribution in [1.82, 2.24) is 10.0 Å². The fourth-order valence-corrected chi connectivity index (χ4v) is 4.87. The van der Waals surface area contributed by atoms with E-state index < -0.39 is 10.0 Å². The summed E-state index contributed by atoms with van der Waals surface area (Å²) in [4.78, 5) is 0.292. The Labute approximate surface area is 141 Å².